The quantitative estimate of drug-likeness (QED) is 0.749. The molecule has 1 heterocycles. The number of aliphatic hydroxyl groups excluding tert-OH is 2. The summed E-state index contributed by atoms with van der Waals surface area (Å²) in [7, 11) is 0. The maximum absolute atomic E-state index is 12.5. The Morgan fingerprint density at radius 2 is 2.20 bits per heavy atom. The molecule has 0 saturated carbocycles. The summed E-state index contributed by atoms with van der Waals surface area (Å²) in [6, 6.07) is 1.61. The summed E-state index contributed by atoms with van der Waals surface area (Å²) >= 11 is 0. The molecule has 0 unspecified atom stereocenters. The fourth-order valence-electron chi connectivity index (χ4n) is 1.77. The smallest absolute Gasteiger partial charge is 0.255 e. The zero-order valence-corrected chi connectivity index (χ0v) is 11.7. The number of aromatic nitrogens is 1. The molecule has 1 aromatic heterocycles. The highest BCUT2D eigenvalue weighted by atomic mass is 16.3. The molecule has 0 bridgehead atoms. The van der Waals surface area contributed by atoms with Gasteiger partial charge in [0.25, 0.3) is 5.91 Å². The van der Waals surface area contributed by atoms with Crippen LogP contribution in [0.4, 0.5) is 0 Å². The lowest BCUT2D eigenvalue weighted by molar-refractivity contribution is 0.0719. The van der Waals surface area contributed by atoms with E-state index in [1.807, 2.05) is 6.92 Å². The van der Waals surface area contributed by atoms with Gasteiger partial charge < -0.3 is 15.1 Å². The Balaban J connectivity index is 2.98. The number of carbonyl (C=O) groups is 1. The second kappa shape index (κ2) is 9.08. The number of pyridine rings is 1. The van der Waals surface area contributed by atoms with Gasteiger partial charge in [-0.25, -0.2) is 0 Å². The zero-order valence-electron chi connectivity index (χ0n) is 11.7. The van der Waals surface area contributed by atoms with Crippen molar-refractivity contribution in [1.82, 2.24) is 9.88 Å². The molecular formula is C15H20N2O3. The Kier molecular flexibility index (Phi) is 7.33. The minimum absolute atomic E-state index is 0.0712. The molecule has 2 N–H and O–H groups in total. The van der Waals surface area contributed by atoms with E-state index in [1.54, 1.807) is 11.0 Å². The molecule has 5 heteroatoms. The number of aliphatic hydroxyl groups is 2. The van der Waals surface area contributed by atoms with Gasteiger partial charge in [-0.2, -0.15) is 0 Å². The summed E-state index contributed by atoms with van der Waals surface area (Å²) < 4.78 is 0. The Bertz CT molecular complexity index is 491. The fourth-order valence-corrected chi connectivity index (χ4v) is 1.77. The normalized spacial score (nSPS) is 9.75. The van der Waals surface area contributed by atoms with Crippen molar-refractivity contribution < 1.29 is 15.0 Å². The lowest BCUT2D eigenvalue weighted by atomic mass is 10.1. The molecule has 1 aromatic rings. The third-order valence-corrected chi connectivity index (χ3v) is 2.79. The van der Waals surface area contributed by atoms with E-state index in [4.69, 9.17) is 10.2 Å². The Morgan fingerprint density at radius 3 is 2.85 bits per heavy atom. The van der Waals surface area contributed by atoms with E-state index in [0.29, 0.717) is 24.2 Å². The molecule has 0 fully saturated rings. The predicted octanol–water partition coefficient (Wildman–Crippen LogP) is 0.660. The maximum Gasteiger partial charge on any atom is 0.255 e. The van der Waals surface area contributed by atoms with Crippen molar-refractivity contribution in [2.45, 2.75) is 19.8 Å². The number of rotatable bonds is 6. The Labute approximate surface area is 119 Å². The molecule has 0 radical (unpaired) electrons. The molecule has 1 amide bonds. The minimum Gasteiger partial charge on any atom is -0.395 e. The fraction of sp³-hybridized carbons (Fsp3) is 0.467. The first kappa shape index (κ1) is 16.2. The van der Waals surface area contributed by atoms with Crippen LogP contribution in [0.5, 0.6) is 0 Å². The molecular weight excluding hydrogens is 256 g/mol. The van der Waals surface area contributed by atoms with E-state index in [9.17, 15) is 4.79 Å². The van der Waals surface area contributed by atoms with E-state index in [2.05, 4.69) is 16.8 Å². The number of nitrogens with zero attached hydrogens (tertiary/aromatic N) is 2. The summed E-state index contributed by atoms with van der Waals surface area (Å²) in [4.78, 5) is 18.0. The number of unbranched alkanes of at least 4 members (excludes halogenated alkanes) is 1. The van der Waals surface area contributed by atoms with Gasteiger partial charge in [-0.05, 0) is 12.5 Å². The highest BCUT2D eigenvalue weighted by Gasteiger charge is 2.17. The van der Waals surface area contributed by atoms with Gasteiger partial charge in [-0.3, -0.25) is 9.78 Å². The third-order valence-electron chi connectivity index (χ3n) is 2.79. The van der Waals surface area contributed by atoms with E-state index in [0.717, 1.165) is 12.8 Å². The SMILES string of the molecule is CCCCN(CCO)C(=O)c1ccncc1C#CCO. The van der Waals surface area contributed by atoms with Crippen LogP contribution in [0.25, 0.3) is 0 Å². The van der Waals surface area contributed by atoms with E-state index in [-0.39, 0.29) is 19.1 Å². The molecule has 0 aliphatic carbocycles. The predicted molar refractivity (Wildman–Crippen MR) is 76.1 cm³/mol. The van der Waals surface area contributed by atoms with Crippen molar-refractivity contribution in [3.8, 4) is 11.8 Å². The molecule has 0 aromatic carbocycles. The molecule has 0 saturated heterocycles. The largest absolute Gasteiger partial charge is 0.395 e. The lowest BCUT2D eigenvalue weighted by Crippen LogP contribution is -2.34. The van der Waals surface area contributed by atoms with Gasteiger partial charge in [0.05, 0.1) is 17.7 Å². The number of carbonyl (C=O) groups excluding carboxylic acids is 1. The Hall–Kier alpha value is -1.90. The average molecular weight is 276 g/mol. The van der Waals surface area contributed by atoms with Gasteiger partial charge in [-0.1, -0.05) is 25.2 Å². The number of hydrogen-bond donors (Lipinski definition) is 2. The average Bonchev–Trinajstić information content (AvgIpc) is 2.49. The zero-order chi connectivity index (χ0) is 14.8. The molecule has 0 spiro atoms. The summed E-state index contributed by atoms with van der Waals surface area (Å²) in [5, 5.41) is 17.8. The minimum atomic E-state index is -0.265. The second-order valence-corrected chi connectivity index (χ2v) is 4.25. The van der Waals surface area contributed by atoms with Crippen LogP contribution in [0.1, 0.15) is 35.7 Å². The first-order valence-electron chi connectivity index (χ1n) is 6.68. The van der Waals surface area contributed by atoms with Crippen molar-refractivity contribution in [2.75, 3.05) is 26.3 Å². The molecule has 0 aliphatic heterocycles. The van der Waals surface area contributed by atoms with Crippen LogP contribution < -0.4 is 0 Å². The van der Waals surface area contributed by atoms with Crippen LogP contribution in [0.3, 0.4) is 0 Å². The van der Waals surface area contributed by atoms with Crippen LogP contribution in [0.15, 0.2) is 18.5 Å². The van der Waals surface area contributed by atoms with Crippen molar-refractivity contribution in [2.24, 2.45) is 0 Å². The van der Waals surface area contributed by atoms with Gasteiger partial charge in [0.2, 0.25) is 0 Å². The summed E-state index contributed by atoms with van der Waals surface area (Å²) in [5.41, 5.74) is 0.941. The summed E-state index contributed by atoms with van der Waals surface area (Å²) in [6.07, 6.45) is 4.90. The van der Waals surface area contributed by atoms with Crippen LogP contribution in [-0.2, 0) is 0 Å². The molecule has 5 nitrogen and oxygen atoms in total. The highest BCUT2D eigenvalue weighted by Crippen LogP contribution is 2.10. The van der Waals surface area contributed by atoms with Crippen LogP contribution >= 0.6 is 0 Å². The van der Waals surface area contributed by atoms with Gasteiger partial charge >= 0.3 is 0 Å². The van der Waals surface area contributed by atoms with Crippen molar-refractivity contribution >= 4 is 5.91 Å². The van der Waals surface area contributed by atoms with Gasteiger partial charge in [0, 0.05) is 25.5 Å². The van der Waals surface area contributed by atoms with Gasteiger partial charge in [-0.15, -0.1) is 0 Å². The van der Waals surface area contributed by atoms with Crippen LogP contribution in [-0.4, -0.2) is 52.3 Å². The van der Waals surface area contributed by atoms with E-state index < -0.39 is 0 Å². The first-order chi connectivity index (χ1) is 9.74. The maximum atomic E-state index is 12.5. The molecule has 0 atom stereocenters. The standard InChI is InChI=1S/C15H20N2O3/c1-2-3-8-17(9-11-19)15(20)14-6-7-16-12-13(14)5-4-10-18/h6-7,12,18-19H,2-3,8-11H2,1H3. The summed E-state index contributed by atoms with van der Waals surface area (Å²) in [5.74, 6) is 5.07. The first-order valence-corrected chi connectivity index (χ1v) is 6.68. The topological polar surface area (TPSA) is 73.7 Å². The highest BCUT2D eigenvalue weighted by molar-refractivity contribution is 5.96. The number of hydrogen-bond acceptors (Lipinski definition) is 4. The van der Waals surface area contributed by atoms with E-state index >= 15 is 0 Å². The van der Waals surface area contributed by atoms with E-state index in [1.165, 1.54) is 12.4 Å². The van der Waals surface area contributed by atoms with Crippen molar-refractivity contribution in [3.05, 3.63) is 29.6 Å². The molecule has 0 aliphatic rings. The van der Waals surface area contributed by atoms with Crippen molar-refractivity contribution in [1.29, 1.82) is 0 Å². The lowest BCUT2D eigenvalue weighted by Gasteiger charge is -2.22. The second-order valence-electron chi connectivity index (χ2n) is 4.25. The van der Waals surface area contributed by atoms with Crippen LogP contribution in [0, 0.1) is 11.8 Å². The molecule has 20 heavy (non-hydrogen) atoms. The third kappa shape index (κ3) is 4.65. The van der Waals surface area contributed by atoms with Gasteiger partial charge in [0.15, 0.2) is 0 Å². The monoisotopic (exact) mass is 276 g/mol. The molecule has 1 rings (SSSR count). The Morgan fingerprint density at radius 1 is 1.40 bits per heavy atom. The van der Waals surface area contributed by atoms with Crippen molar-refractivity contribution in [3.63, 3.8) is 0 Å². The van der Waals surface area contributed by atoms with Gasteiger partial charge in [0.1, 0.15) is 6.61 Å². The summed E-state index contributed by atoms with van der Waals surface area (Å²) in [6.45, 7) is 2.61. The number of amides is 1. The molecule has 108 valence electrons. The van der Waals surface area contributed by atoms with Crippen LogP contribution in [0.2, 0.25) is 0 Å².